The third-order valence-electron chi connectivity index (χ3n) is 1.16. The summed E-state index contributed by atoms with van der Waals surface area (Å²) in [7, 11) is 0. The van der Waals surface area contributed by atoms with Crippen LogP contribution in [0, 0.1) is 5.92 Å². The van der Waals surface area contributed by atoms with Crippen LogP contribution in [0.15, 0.2) is 0 Å². The van der Waals surface area contributed by atoms with Crippen LogP contribution < -0.4 is 5.32 Å². The predicted octanol–water partition coefficient (Wildman–Crippen LogP) is 0.141. The third-order valence-corrected chi connectivity index (χ3v) is 1.16. The monoisotopic (exact) mass is 99.1 g/mol. The number of hydrogen-bond donors (Lipinski definition) is 1. The van der Waals surface area contributed by atoms with Crippen molar-refractivity contribution in [3.8, 4) is 0 Å². The molecule has 1 aliphatic rings. The van der Waals surface area contributed by atoms with E-state index in [1.165, 1.54) is 0 Å². The first-order chi connectivity index (χ1) is 3.22. The molecule has 40 valence electrons. The van der Waals surface area contributed by atoms with Crippen molar-refractivity contribution in [2.75, 3.05) is 0 Å². The number of amides is 1. The van der Waals surface area contributed by atoms with Crippen LogP contribution in [0.25, 0.3) is 0 Å². The summed E-state index contributed by atoms with van der Waals surface area (Å²) in [5, 5.41) is 2.69. The first-order valence-electron chi connectivity index (χ1n) is 2.52. The summed E-state index contributed by atoms with van der Waals surface area (Å²) in [5.41, 5.74) is 0. The summed E-state index contributed by atoms with van der Waals surface area (Å²) in [6.45, 7) is 4.06. The lowest BCUT2D eigenvalue weighted by Crippen LogP contribution is -2.00. The Labute approximate surface area is 42.9 Å². The minimum Gasteiger partial charge on any atom is -0.342 e. The fourth-order valence-corrected chi connectivity index (χ4v) is 0.581. The molecule has 7 heavy (non-hydrogen) atoms. The molecule has 2 nitrogen and oxygen atoms in total. The van der Waals surface area contributed by atoms with Gasteiger partial charge in [0, 0.05) is 0 Å². The molecule has 1 saturated heterocycles. The van der Waals surface area contributed by atoms with Gasteiger partial charge in [0.15, 0.2) is 0 Å². The molecular weight excluding hydrogens is 90.1 g/mol. The molecule has 0 spiro atoms. The van der Waals surface area contributed by atoms with Crippen molar-refractivity contribution in [1.29, 1.82) is 0 Å². The predicted molar refractivity (Wildman–Crippen MR) is 26.8 cm³/mol. The molecule has 1 rings (SSSR count). The lowest BCUT2D eigenvalue weighted by atomic mass is 10.1. The van der Waals surface area contributed by atoms with Crippen molar-refractivity contribution < 1.29 is 4.79 Å². The van der Waals surface area contributed by atoms with Gasteiger partial charge in [0.1, 0.15) is 6.04 Å². The molecule has 0 aliphatic carbocycles. The zero-order valence-electron chi connectivity index (χ0n) is 4.56. The van der Waals surface area contributed by atoms with Crippen molar-refractivity contribution in [3.05, 3.63) is 0 Å². The van der Waals surface area contributed by atoms with Crippen molar-refractivity contribution in [1.82, 2.24) is 5.32 Å². The van der Waals surface area contributed by atoms with Crippen LogP contribution in [-0.4, -0.2) is 11.9 Å². The van der Waals surface area contributed by atoms with Crippen LogP contribution in [0.2, 0.25) is 0 Å². The van der Waals surface area contributed by atoms with Gasteiger partial charge in [-0.1, -0.05) is 13.8 Å². The second-order valence-corrected chi connectivity index (χ2v) is 2.23. The molecule has 2 heteroatoms. The van der Waals surface area contributed by atoms with E-state index in [2.05, 4.69) is 5.32 Å². The summed E-state index contributed by atoms with van der Waals surface area (Å²) in [4.78, 5) is 10.2. The summed E-state index contributed by atoms with van der Waals surface area (Å²) in [5.74, 6) is 0.683. The Bertz CT molecular complexity index is 98.3. The van der Waals surface area contributed by atoms with E-state index in [9.17, 15) is 4.79 Å². The lowest BCUT2D eigenvalue weighted by molar-refractivity contribution is -0.111. The Kier molecular flexibility index (Phi) is 0.805. The molecule has 0 aromatic carbocycles. The fourth-order valence-electron chi connectivity index (χ4n) is 0.581. The minimum atomic E-state index is 0.181. The Morgan fingerprint density at radius 2 is 2.14 bits per heavy atom. The molecule has 1 atom stereocenters. The van der Waals surface area contributed by atoms with Crippen molar-refractivity contribution in [3.63, 3.8) is 0 Å². The number of carbonyl (C=O) groups excluding carboxylic acids is 1. The Morgan fingerprint density at radius 1 is 1.71 bits per heavy atom. The van der Waals surface area contributed by atoms with Gasteiger partial charge in [-0.3, -0.25) is 4.79 Å². The second-order valence-electron chi connectivity index (χ2n) is 2.23. The van der Waals surface area contributed by atoms with Gasteiger partial charge in [0.2, 0.25) is 5.91 Å². The van der Waals surface area contributed by atoms with E-state index >= 15 is 0 Å². The van der Waals surface area contributed by atoms with Crippen molar-refractivity contribution in [2.45, 2.75) is 19.9 Å². The molecule has 0 bridgehead atoms. The molecular formula is C5H9NO. The highest BCUT2D eigenvalue weighted by Gasteiger charge is 2.35. The van der Waals surface area contributed by atoms with Gasteiger partial charge in [-0.2, -0.15) is 0 Å². The average Bonchev–Trinajstić information content (AvgIpc) is 2.17. The number of rotatable bonds is 1. The average molecular weight is 99.1 g/mol. The molecule has 1 fully saturated rings. The van der Waals surface area contributed by atoms with E-state index in [1.54, 1.807) is 0 Å². The highest BCUT2D eigenvalue weighted by molar-refractivity contribution is 5.96. The van der Waals surface area contributed by atoms with Crippen LogP contribution in [-0.2, 0) is 4.79 Å². The number of carbonyl (C=O) groups is 1. The maximum atomic E-state index is 10.2. The SMILES string of the molecule is CC(C)C1NC1=O. The standard InChI is InChI=1S/C5H9NO/c1-3(2)4-5(7)6-4/h3-4H,1-2H3,(H,6,7). The first kappa shape index (κ1) is 4.62. The molecule has 1 unspecified atom stereocenters. The maximum absolute atomic E-state index is 10.2. The van der Waals surface area contributed by atoms with E-state index < -0.39 is 0 Å². The molecule has 0 saturated carbocycles. The number of nitrogens with one attached hydrogen (secondary N) is 1. The molecule has 1 amide bonds. The molecule has 0 aromatic rings. The summed E-state index contributed by atoms with van der Waals surface area (Å²) >= 11 is 0. The first-order valence-corrected chi connectivity index (χ1v) is 2.52. The number of hydrogen-bond acceptors (Lipinski definition) is 1. The van der Waals surface area contributed by atoms with E-state index in [-0.39, 0.29) is 11.9 Å². The second kappa shape index (κ2) is 1.22. The Hall–Kier alpha value is -0.530. The van der Waals surface area contributed by atoms with Crippen LogP contribution >= 0.6 is 0 Å². The summed E-state index contributed by atoms with van der Waals surface area (Å²) in [6.07, 6.45) is 0. The van der Waals surface area contributed by atoms with E-state index in [4.69, 9.17) is 0 Å². The largest absolute Gasteiger partial charge is 0.342 e. The van der Waals surface area contributed by atoms with E-state index in [0.29, 0.717) is 5.92 Å². The molecule has 0 radical (unpaired) electrons. The molecule has 1 aliphatic heterocycles. The van der Waals surface area contributed by atoms with Crippen LogP contribution in [0.4, 0.5) is 0 Å². The molecule has 1 heterocycles. The summed E-state index contributed by atoms with van der Waals surface area (Å²) < 4.78 is 0. The zero-order valence-corrected chi connectivity index (χ0v) is 4.56. The topological polar surface area (TPSA) is 39.0 Å². The van der Waals surface area contributed by atoms with Crippen LogP contribution in [0.5, 0.6) is 0 Å². The van der Waals surface area contributed by atoms with Gasteiger partial charge in [-0.25, -0.2) is 0 Å². The smallest absolute Gasteiger partial charge is 0.243 e. The Morgan fingerprint density at radius 3 is 2.14 bits per heavy atom. The normalized spacial score (nSPS) is 27.9. The van der Waals surface area contributed by atoms with Crippen molar-refractivity contribution in [2.24, 2.45) is 5.92 Å². The maximum Gasteiger partial charge on any atom is 0.243 e. The van der Waals surface area contributed by atoms with Crippen LogP contribution in [0.1, 0.15) is 13.8 Å². The highest BCUT2D eigenvalue weighted by Crippen LogP contribution is 2.10. The minimum absolute atomic E-state index is 0.181. The van der Waals surface area contributed by atoms with Gasteiger partial charge in [0.25, 0.3) is 0 Å². The lowest BCUT2D eigenvalue weighted by Gasteiger charge is -1.90. The third kappa shape index (κ3) is 0.734. The quantitative estimate of drug-likeness (QED) is 0.466. The van der Waals surface area contributed by atoms with Gasteiger partial charge in [0.05, 0.1) is 0 Å². The summed E-state index contributed by atoms with van der Waals surface area (Å²) in [6, 6.07) is 0.181. The molecule has 0 aromatic heterocycles. The van der Waals surface area contributed by atoms with E-state index in [1.807, 2.05) is 13.8 Å². The van der Waals surface area contributed by atoms with Gasteiger partial charge >= 0.3 is 0 Å². The zero-order chi connectivity index (χ0) is 5.44. The fraction of sp³-hybridized carbons (Fsp3) is 0.800. The van der Waals surface area contributed by atoms with E-state index in [0.717, 1.165) is 0 Å². The van der Waals surface area contributed by atoms with Crippen molar-refractivity contribution >= 4 is 5.91 Å². The van der Waals surface area contributed by atoms with Crippen LogP contribution in [0.3, 0.4) is 0 Å². The highest BCUT2D eigenvalue weighted by atomic mass is 16.2. The van der Waals surface area contributed by atoms with Gasteiger partial charge in [-0.05, 0) is 5.92 Å². The Balaban J connectivity index is 2.33. The van der Waals surface area contributed by atoms with Gasteiger partial charge in [-0.15, -0.1) is 0 Å². The molecule has 1 N–H and O–H groups in total. The van der Waals surface area contributed by atoms with Gasteiger partial charge < -0.3 is 5.32 Å².